The van der Waals surface area contributed by atoms with Gasteiger partial charge in [-0.05, 0) is 73.0 Å². The summed E-state index contributed by atoms with van der Waals surface area (Å²) in [6.07, 6.45) is 3.19. The van der Waals surface area contributed by atoms with E-state index in [1.807, 2.05) is 19.1 Å². The number of rotatable bonds is 7. The minimum Gasteiger partial charge on any atom is -0.477 e. The number of pyridine rings is 1. The number of carboxylic acid groups (broad SMARTS) is 1. The normalized spacial score (nSPS) is 21.5. The number of anilines is 1. The molecule has 2 aliphatic rings. The molecule has 1 aromatic heterocycles. The number of aromatic carboxylic acids is 1. The molecule has 1 aliphatic carbocycles. The second kappa shape index (κ2) is 9.70. The number of nitrogens with one attached hydrogen (secondary N) is 1. The van der Waals surface area contributed by atoms with Gasteiger partial charge in [0.2, 0.25) is 0 Å². The molecule has 35 heavy (non-hydrogen) atoms. The summed E-state index contributed by atoms with van der Waals surface area (Å²) in [5.41, 5.74) is 4.23. The number of carbonyl (C=O) groups is 1. The fourth-order valence-corrected chi connectivity index (χ4v) is 6.09. The summed E-state index contributed by atoms with van der Waals surface area (Å²) in [7, 11) is 2.26. The van der Waals surface area contributed by atoms with E-state index in [1.54, 1.807) is 0 Å². The summed E-state index contributed by atoms with van der Waals surface area (Å²) in [6.45, 7) is 5.11. The van der Waals surface area contributed by atoms with Crippen LogP contribution in [0.25, 0.3) is 11.3 Å². The van der Waals surface area contributed by atoms with Crippen LogP contribution in [0.4, 0.5) is 5.69 Å². The molecular formula is C29H33N3O3. The van der Waals surface area contributed by atoms with Crippen LogP contribution >= 0.6 is 0 Å². The molecule has 1 unspecified atom stereocenters. The molecule has 0 radical (unpaired) electrons. The monoisotopic (exact) mass is 471 g/mol. The van der Waals surface area contributed by atoms with Crippen LogP contribution in [0.15, 0.2) is 65.5 Å². The summed E-state index contributed by atoms with van der Waals surface area (Å²) in [5, 5.41) is 9.27. The Balaban J connectivity index is 1.30. The minimum atomic E-state index is -1.20. The molecule has 1 saturated heterocycles. The fraction of sp³-hybridized carbons (Fsp3) is 0.379. The number of aryl methyl sites for hydroxylation is 1. The highest BCUT2D eigenvalue weighted by atomic mass is 16.4. The van der Waals surface area contributed by atoms with E-state index in [1.165, 1.54) is 30.2 Å². The van der Waals surface area contributed by atoms with Crippen molar-refractivity contribution in [1.82, 2.24) is 9.88 Å². The lowest BCUT2D eigenvalue weighted by molar-refractivity contribution is 0.0695. The van der Waals surface area contributed by atoms with E-state index in [0.29, 0.717) is 24.1 Å². The quantitative estimate of drug-likeness (QED) is 0.525. The molecule has 182 valence electrons. The zero-order valence-corrected chi connectivity index (χ0v) is 20.4. The molecular weight excluding hydrogens is 438 g/mol. The number of aromatic nitrogens is 1. The van der Waals surface area contributed by atoms with E-state index < -0.39 is 11.5 Å². The average Bonchev–Trinajstić information content (AvgIpc) is 3.45. The predicted octanol–water partition coefficient (Wildman–Crippen LogP) is 4.65. The van der Waals surface area contributed by atoms with E-state index in [0.717, 1.165) is 36.7 Å². The van der Waals surface area contributed by atoms with E-state index in [-0.39, 0.29) is 5.56 Å². The number of benzene rings is 2. The van der Waals surface area contributed by atoms with Gasteiger partial charge < -0.3 is 15.0 Å². The highest BCUT2D eigenvalue weighted by Crippen LogP contribution is 2.42. The van der Waals surface area contributed by atoms with Crippen molar-refractivity contribution in [3.8, 4) is 11.3 Å². The van der Waals surface area contributed by atoms with Crippen LogP contribution in [0.3, 0.4) is 0 Å². The number of aromatic amines is 1. The third-order valence-electron chi connectivity index (χ3n) is 7.92. The van der Waals surface area contributed by atoms with Crippen molar-refractivity contribution in [2.24, 2.45) is 11.8 Å². The zero-order chi connectivity index (χ0) is 24.5. The highest BCUT2D eigenvalue weighted by molar-refractivity contribution is 5.88. The Hall–Kier alpha value is -3.38. The molecule has 2 heterocycles. The summed E-state index contributed by atoms with van der Waals surface area (Å²) in [6, 6.07) is 21.1. The Morgan fingerprint density at radius 3 is 2.51 bits per heavy atom. The number of nitrogens with zero attached hydrogens (tertiary/aromatic N) is 2. The van der Waals surface area contributed by atoms with Gasteiger partial charge in [-0.25, -0.2) is 4.79 Å². The first-order chi connectivity index (χ1) is 16.9. The van der Waals surface area contributed by atoms with Gasteiger partial charge in [0.05, 0.1) is 5.69 Å². The number of hydrogen-bond acceptors (Lipinski definition) is 4. The molecule has 6 heteroatoms. The molecule has 3 atom stereocenters. The van der Waals surface area contributed by atoms with Crippen molar-refractivity contribution in [2.45, 2.75) is 38.8 Å². The molecule has 5 rings (SSSR count). The van der Waals surface area contributed by atoms with Crippen LogP contribution in [-0.4, -0.2) is 47.1 Å². The van der Waals surface area contributed by atoms with Crippen LogP contribution in [0.1, 0.15) is 41.3 Å². The molecule has 0 spiro atoms. The SMILES string of the molecule is CCc1cc(C(=O)O)c(=O)[nH]c1-c1ccc(N2CC3CC[C@@H](N(C)Cc4ccccc4)[C@H]3C2)cc1. The van der Waals surface area contributed by atoms with Crippen molar-refractivity contribution in [2.75, 3.05) is 25.0 Å². The smallest absolute Gasteiger partial charge is 0.341 e. The highest BCUT2D eigenvalue weighted by Gasteiger charge is 2.44. The van der Waals surface area contributed by atoms with Crippen molar-refractivity contribution in [1.29, 1.82) is 0 Å². The third-order valence-corrected chi connectivity index (χ3v) is 7.92. The molecule has 2 N–H and O–H groups in total. The lowest BCUT2D eigenvalue weighted by Crippen LogP contribution is -2.37. The molecule has 3 aromatic rings. The van der Waals surface area contributed by atoms with Crippen molar-refractivity contribution < 1.29 is 9.90 Å². The van der Waals surface area contributed by atoms with Crippen LogP contribution in [-0.2, 0) is 13.0 Å². The van der Waals surface area contributed by atoms with Crippen LogP contribution in [0.5, 0.6) is 0 Å². The molecule has 1 saturated carbocycles. The molecule has 2 fully saturated rings. The maximum atomic E-state index is 12.3. The van der Waals surface area contributed by atoms with Gasteiger partial charge in [-0.3, -0.25) is 9.69 Å². The van der Waals surface area contributed by atoms with Gasteiger partial charge >= 0.3 is 5.97 Å². The first-order valence-electron chi connectivity index (χ1n) is 12.5. The van der Waals surface area contributed by atoms with Gasteiger partial charge in [-0.1, -0.05) is 49.4 Å². The molecule has 2 aromatic carbocycles. The van der Waals surface area contributed by atoms with Gasteiger partial charge in [-0.2, -0.15) is 0 Å². The zero-order valence-electron chi connectivity index (χ0n) is 20.4. The number of fused-ring (bicyclic) bond motifs is 1. The van der Waals surface area contributed by atoms with Gasteiger partial charge in [-0.15, -0.1) is 0 Å². The summed E-state index contributed by atoms with van der Waals surface area (Å²) >= 11 is 0. The van der Waals surface area contributed by atoms with Crippen molar-refractivity contribution in [3.05, 3.63) is 87.7 Å². The molecule has 6 nitrogen and oxygen atoms in total. The third kappa shape index (κ3) is 4.63. The summed E-state index contributed by atoms with van der Waals surface area (Å²) in [4.78, 5) is 31.4. The average molecular weight is 472 g/mol. The minimum absolute atomic E-state index is 0.211. The number of carboxylic acids is 1. The maximum Gasteiger partial charge on any atom is 0.341 e. The first-order valence-corrected chi connectivity index (χ1v) is 12.5. The Bertz CT molecular complexity index is 1250. The lowest BCUT2D eigenvalue weighted by atomic mass is 9.97. The van der Waals surface area contributed by atoms with E-state index in [9.17, 15) is 14.7 Å². The van der Waals surface area contributed by atoms with Crippen LogP contribution < -0.4 is 10.5 Å². The maximum absolute atomic E-state index is 12.3. The lowest BCUT2D eigenvalue weighted by Gasteiger charge is -2.30. The van der Waals surface area contributed by atoms with Crippen molar-refractivity contribution >= 4 is 11.7 Å². The predicted molar refractivity (Wildman–Crippen MR) is 139 cm³/mol. The van der Waals surface area contributed by atoms with Gasteiger partial charge in [0, 0.05) is 31.4 Å². The number of hydrogen-bond donors (Lipinski definition) is 2. The van der Waals surface area contributed by atoms with Gasteiger partial charge in [0.1, 0.15) is 5.56 Å². The molecule has 0 bridgehead atoms. The van der Waals surface area contributed by atoms with Gasteiger partial charge in [0.25, 0.3) is 5.56 Å². The Morgan fingerprint density at radius 2 is 1.83 bits per heavy atom. The first kappa shape index (κ1) is 23.4. The largest absolute Gasteiger partial charge is 0.477 e. The fourth-order valence-electron chi connectivity index (χ4n) is 6.09. The van der Waals surface area contributed by atoms with Crippen molar-refractivity contribution in [3.63, 3.8) is 0 Å². The second-order valence-corrected chi connectivity index (χ2v) is 9.99. The summed E-state index contributed by atoms with van der Waals surface area (Å²) < 4.78 is 0. The van der Waals surface area contributed by atoms with Crippen LogP contribution in [0, 0.1) is 11.8 Å². The molecule has 0 amide bonds. The van der Waals surface area contributed by atoms with Crippen LogP contribution in [0.2, 0.25) is 0 Å². The van der Waals surface area contributed by atoms with E-state index in [2.05, 4.69) is 64.3 Å². The van der Waals surface area contributed by atoms with Gasteiger partial charge in [0.15, 0.2) is 0 Å². The van der Waals surface area contributed by atoms with E-state index in [4.69, 9.17) is 0 Å². The Morgan fingerprint density at radius 1 is 1.09 bits per heavy atom. The Labute approximate surface area is 206 Å². The summed E-state index contributed by atoms with van der Waals surface area (Å²) in [5.74, 6) is 0.203. The van der Waals surface area contributed by atoms with E-state index >= 15 is 0 Å². The molecule has 1 aliphatic heterocycles. The standard InChI is InChI=1S/C29H33N3O3/c1-3-20-15-24(29(34)35)28(33)30-27(20)21-9-12-23(13-10-21)32-17-22-11-14-26(25(22)18-32)31(2)16-19-7-5-4-6-8-19/h4-10,12-13,15,22,25-26H,3,11,14,16-18H2,1-2H3,(H,30,33)(H,34,35)/t22?,25-,26+/m0/s1. The topological polar surface area (TPSA) is 76.6 Å². The number of H-pyrrole nitrogens is 1. The Kier molecular flexibility index (Phi) is 6.48. The second-order valence-electron chi connectivity index (χ2n) is 9.99.